The normalized spacial score (nSPS) is 17.8. The summed E-state index contributed by atoms with van der Waals surface area (Å²) >= 11 is 0. The second-order valence-electron chi connectivity index (χ2n) is 9.59. The number of hydrogen-bond acceptors (Lipinski definition) is 6. The summed E-state index contributed by atoms with van der Waals surface area (Å²) in [5.41, 5.74) is 2.12. The number of para-hydroxylation sites is 1. The third kappa shape index (κ3) is 5.16. The van der Waals surface area contributed by atoms with Gasteiger partial charge >= 0.3 is 0 Å². The quantitative estimate of drug-likeness (QED) is 0.297. The number of nitrogens with zero attached hydrogens (tertiary/aromatic N) is 1. The number of carbonyl (C=O) groups excluding carboxylic acids is 2. The molecule has 2 amide bonds. The number of ether oxygens (including phenoxy) is 4. The number of carbonyl (C=O) groups is 2. The average molecular weight is 537 g/mol. The predicted octanol–water partition coefficient (Wildman–Crippen LogP) is 6.34. The second kappa shape index (κ2) is 11.0. The Bertz CT molecular complexity index is 1510. The van der Waals surface area contributed by atoms with Gasteiger partial charge in [-0.25, -0.2) is 0 Å². The zero-order valence-corrected chi connectivity index (χ0v) is 21.9. The van der Waals surface area contributed by atoms with Crippen LogP contribution in [0.5, 0.6) is 28.7 Å². The Morgan fingerprint density at radius 2 is 1.55 bits per heavy atom. The molecule has 2 heterocycles. The standard InChI is InChI=1S/C32H28N2O6/c1-37-24-12-7-21(8-13-24)31-27(16-18-30(35)34(31)23-11-17-28-29(19-23)39-20-38-28)32(36)33-22-9-14-26(15-10-22)40-25-5-3-2-4-6-25/h2-15,17,19,27,31H,16,18,20H2,1H3,(H,33,36). The Kier molecular flexibility index (Phi) is 6.97. The molecule has 0 aliphatic carbocycles. The Hall–Kier alpha value is -4.98. The van der Waals surface area contributed by atoms with Crippen LogP contribution in [-0.4, -0.2) is 25.7 Å². The molecular weight excluding hydrogens is 508 g/mol. The summed E-state index contributed by atoms with van der Waals surface area (Å²) in [4.78, 5) is 28.9. The van der Waals surface area contributed by atoms with Crippen LogP contribution in [0.2, 0.25) is 0 Å². The summed E-state index contributed by atoms with van der Waals surface area (Å²) in [7, 11) is 1.60. The third-order valence-corrected chi connectivity index (χ3v) is 7.13. The molecule has 0 bridgehead atoms. The van der Waals surface area contributed by atoms with Crippen LogP contribution in [0.25, 0.3) is 0 Å². The van der Waals surface area contributed by atoms with E-state index in [1.54, 1.807) is 24.1 Å². The molecule has 1 N–H and O–H groups in total. The number of amides is 2. The van der Waals surface area contributed by atoms with Crippen molar-refractivity contribution in [2.45, 2.75) is 18.9 Å². The Balaban J connectivity index is 1.28. The smallest absolute Gasteiger partial charge is 0.231 e. The molecule has 4 aromatic carbocycles. The van der Waals surface area contributed by atoms with Gasteiger partial charge in [0.1, 0.15) is 17.2 Å². The minimum Gasteiger partial charge on any atom is -0.497 e. The van der Waals surface area contributed by atoms with Crippen molar-refractivity contribution < 1.29 is 28.5 Å². The number of nitrogens with one attached hydrogen (secondary N) is 1. The van der Waals surface area contributed by atoms with E-state index in [1.807, 2.05) is 84.9 Å². The lowest BCUT2D eigenvalue weighted by Crippen LogP contribution is -2.46. The molecule has 0 saturated carbocycles. The molecule has 40 heavy (non-hydrogen) atoms. The molecule has 0 aromatic heterocycles. The van der Waals surface area contributed by atoms with Gasteiger partial charge in [-0.1, -0.05) is 30.3 Å². The van der Waals surface area contributed by atoms with Crippen LogP contribution in [0.15, 0.2) is 97.1 Å². The van der Waals surface area contributed by atoms with Crippen LogP contribution in [0.4, 0.5) is 11.4 Å². The zero-order chi connectivity index (χ0) is 27.5. The van der Waals surface area contributed by atoms with Crippen LogP contribution in [0, 0.1) is 5.92 Å². The third-order valence-electron chi connectivity index (χ3n) is 7.13. The fraction of sp³-hybridized carbons (Fsp3) is 0.188. The lowest BCUT2D eigenvalue weighted by molar-refractivity contribution is -0.125. The number of benzene rings is 4. The molecule has 6 rings (SSSR count). The first-order valence-corrected chi connectivity index (χ1v) is 13.1. The Labute approximate surface area is 232 Å². The highest BCUT2D eigenvalue weighted by atomic mass is 16.7. The summed E-state index contributed by atoms with van der Waals surface area (Å²) in [6.45, 7) is 0.134. The van der Waals surface area contributed by atoms with Gasteiger partial charge in [0.25, 0.3) is 0 Å². The fourth-order valence-corrected chi connectivity index (χ4v) is 5.15. The van der Waals surface area contributed by atoms with Crippen molar-refractivity contribution in [3.05, 3.63) is 103 Å². The summed E-state index contributed by atoms with van der Waals surface area (Å²) in [6.07, 6.45) is 0.653. The predicted molar refractivity (Wildman–Crippen MR) is 150 cm³/mol. The van der Waals surface area contributed by atoms with Crippen molar-refractivity contribution in [3.8, 4) is 28.7 Å². The summed E-state index contributed by atoms with van der Waals surface area (Å²) < 4.78 is 22.2. The topological polar surface area (TPSA) is 86.3 Å². The molecule has 4 aromatic rings. The maximum Gasteiger partial charge on any atom is 0.231 e. The molecule has 2 aliphatic rings. The first kappa shape index (κ1) is 25.3. The van der Waals surface area contributed by atoms with Gasteiger partial charge in [-0.15, -0.1) is 0 Å². The van der Waals surface area contributed by atoms with Crippen molar-refractivity contribution in [2.75, 3.05) is 24.1 Å². The maximum absolute atomic E-state index is 13.8. The monoisotopic (exact) mass is 536 g/mol. The van der Waals surface area contributed by atoms with E-state index >= 15 is 0 Å². The highest BCUT2D eigenvalue weighted by Gasteiger charge is 2.42. The van der Waals surface area contributed by atoms with E-state index in [9.17, 15) is 9.59 Å². The van der Waals surface area contributed by atoms with Crippen molar-refractivity contribution in [1.82, 2.24) is 0 Å². The zero-order valence-electron chi connectivity index (χ0n) is 21.9. The number of piperidine rings is 1. The van der Waals surface area contributed by atoms with Crippen molar-refractivity contribution in [1.29, 1.82) is 0 Å². The lowest BCUT2D eigenvalue weighted by atomic mass is 9.83. The molecule has 0 spiro atoms. The minimum atomic E-state index is -0.534. The minimum absolute atomic E-state index is 0.0638. The second-order valence-corrected chi connectivity index (χ2v) is 9.59. The summed E-state index contributed by atoms with van der Waals surface area (Å²) in [5, 5.41) is 3.05. The van der Waals surface area contributed by atoms with Crippen molar-refractivity contribution >= 4 is 23.2 Å². The summed E-state index contributed by atoms with van der Waals surface area (Å²) in [6, 6.07) is 29.1. The molecule has 8 nitrogen and oxygen atoms in total. The van der Waals surface area contributed by atoms with Gasteiger partial charge < -0.3 is 29.2 Å². The van der Waals surface area contributed by atoms with E-state index in [2.05, 4.69) is 5.32 Å². The molecule has 2 atom stereocenters. The number of hydrogen-bond donors (Lipinski definition) is 1. The molecule has 2 unspecified atom stereocenters. The van der Waals surface area contributed by atoms with Crippen LogP contribution in [0.3, 0.4) is 0 Å². The van der Waals surface area contributed by atoms with Gasteiger partial charge in [-0.3, -0.25) is 9.59 Å². The van der Waals surface area contributed by atoms with Gasteiger partial charge in [-0.05, 0) is 72.6 Å². The van der Waals surface area contributed by atoms with Crippen LogP contribution in [0.1, 0.15) is 24.4 Å². The van der Waals surface area contributed by atoms with E-state index in [-0.39, 0.29) is 25.0 Å². The van der Waals surface area contributed by atoms with Crippen LogP contribution in [-0.2, 0) is 9.59 Å². The summed E-state index contributed by atoms with van der Waals surface area (Å²) in [5.74, 6) is 2.55. The van der Waals surface area contributed by atoms with Gasteiger partial charge in [0.2, 0.25) is 18.6 Å². The number of fused-ring (bicyclic) bond motifs is 1. The molecule has 202 valence electrons. The largest absolute Gasteiger partial charge is 0.497 e. The van der Waals surface area contributed by atoms with Gasteiger partial charge in [0, 0.05) is 23.9 Å². The highest BCUT2D eigenvalue weighted by Crippen LogP contribution is 2.44. The number of rotatable bonds is 7. The van der Waals surface area contributed by atoms with E-state index in [1.165, 1.54) is 0 Å². The molecule has 1 saturated heterocycles. The van der Waals surface area contributed by atoms with Gasteiger partial charge in [0.15, 0.2) is 11.5 Å². The van der Waals surface area contributed by atoms with E-state index < -0.39 is 12.0 Å². The number of methoxy groups -OCH3 is 1. The fourth-order valence-electron chi connectivity index (χ4n) is 5.15. The average Bonchev–Trinajstić information content (AvgIpc) is 3.47. The van der Waals surface area contributed by atoms with E-state index in [0.717, 1.165) is 11.3 Å². The first-order chi connectivity index (χ1) is 19.6. The van der Waals surface area contributed by atoms with Gasteiger partial charge in [0.05, 0.1) is 19.1 Å². The van der Waals surface area contributed by atoms with Crippen molar-refractivity contribution in [3.63, 3.8) is 0 Å². The lowest BCUT2D eigenvalue weighted by Gasteiger charge is -2.41. The Morgan fingerprint density at radius 3 is 2.30 bits per heavy atom. The molecule has 1 fully saturated rings. The molecule has 8 heteroatoms. The first-order valence-electron chi connectivity index (χ1n) is 13.1. The highest BCUT2D eigenvalue weighted by molar-refractivity contribution is 6.00. The van der Waals surface area contributed by atoms with E-state index in [0.29, 0.717) is 40.8 Å². The maximum atomic E-state index is 13.8. The van der Waals surface area contributed by atoms with Crippen molar-refractivity contribution in [2.24, 2.45) is 5.92 Å². The SMILES string of the molecule is COc1ccc(C2C(C(=O)Nc3ccc(Oc4ccccc4)cc3)CCC(=O)N2c2ccc3c(c2)OCO3)cc1. The molecule has 0 radical (unpaired) electrons. The molecule has 2 aliphatic heterocycles. The Morgan fingerprint density at radius 1 is 0.850 bits per heavy atom. The van der Waals surface area contributed by atoms with Crippen LogP contribution >= 0.6 is 0 Å². The van der Waals surface area contributed by atoms with Crippen LogP contribution < -0.4 is 29.2 Å². The molecular formula is C32H28N2O6. The van der Waals surface area contributed by atoms with Gasteiger partial charge in [-0.2, -0.15) is 0 Å². The van der Waals surface area contributed by atoms with E-state index in [4.69, 9.17) is 18.9 Å². The number of anilines is 2.